The van der Waals surface area contributed by atoms with Crippen LogP contribution in [-0.2, 0) is 4.79 Å². The number of carbonyl (C=O) groups is 1. The second-order valence-corrected chi connectivity index (χ2v) is 5.84. The molecular weight excluding hydrogens is 264 g/mol. The predicted octanol–water partition coefficient (Wildman–Crippen LogP) is 2.19. The monoisotopic (exact) mass is 290 g/mol. The number of ether oxygens (including phenoxy) is 1. The Bertz CT molecular complexity index is 468. The Morgan fingerprint density at radius 1 is 1.38 bits per heavy atom. The van der Waals surface area contributed by atoms with Gasteiger partial charge in [-0.2, -0.15) is 0 Å². The lowest BCUT2D eigenvalue weighted by Gasteiger charge is -2.10. The average Bonchev–Trinajstić information content (AvgIpc) is 2.96. The van der Waals surface area contributed by atoms with Crippen LogP contribution in [0, 0.1) is 19.8 Å². The number of amides is 1. The van der Waals surface area contributed by atoms with Crippen molar-refractivity contribution in [2.24, 2.45) is 5.92 Å². The first kappa shape index (κ1) is 15.8. The fraction of sp³-hybridized carbons (Fsp3) is 0.588. The predicted molar refractivity (Wildman–Crippen MR) is 84.6 cm³/mol. The van der Waals surface area contributed by atoms with Crippen molar-refractivity contribution in [2.75, 3.05) is 26.2 Å². The molecule has 4 nitrogen and oxygen atoms in total. The van der Waals surface area contributed by atoms with E-state index in [1.807, 2.05) is 18.2 Å². The molecule has 1 aliphatic heterocycles. The third kappa shape index (κ3) is 5.38. The van der Waals surface area contributed by atoms with Crippen LogP contribution in [0.1, 0.15) is 30.4 Å². The number of aryl methyl sites for hydroxylation is 2. The Kier molecular flexibility index (Phi) is 6.05. The molecule has 4 heteroatoms. The Morgan fingerprint density at radius 3 is 2.95 bits per heavy atom. The van der Waals surface area contributed by atoms with Gasteiger partial charge < -0.3 is 15.4 Å². The number of benzene rings is 1. The molecule has 116 valence electrons. The molecule has 1 aliphatic rings. The maximum absolute atomic E-state index is 11.7. The molecule has 1 saturated heterocycles. The van der Waals surface area contributed by atoms with Crippen LogP contribution in [0.2, 0.25) is 0 Å². The highest BCUT2D eigenvalue weighted by Gasteiger charge is 2.14. The van der Waals surface area contributed by atoms with E-state index in [1.165, 1.54) is 17.5 Å². The summed E-state index contributed by atoms with van der Waals surface area (Å²) in [6, 6.07) is 6.01. The molecule has 0 aromatic heterocycles. The Labute approximate surface area is 127 Å². The Balaban J connectivity index is 1.59. The van der Waals surface area contributed by atoms with Gasteiger partial charge in [0, 0.05) is 6.54 Å². The van der Waals surface area contributed by atoms with Gasteiger partial charge in [-0.25, -0.2) is 0 Å². The van der Waals surface area contributed by atoms with Gasteiger partial charge in [-0.15, -0.1) is 0 Å². The third-order valence-corrected chi connectivity index (χ3v) is 4.11. The highest BCUT2D eigenvalue weighted by molar-refractivity contribution is 5.75. The van der Waals surface area contributed by atoms with Gasteiger partial charge in [0.15, 0.2) is 0 Å². The van der Waals surface area contributed by atoms with Crippen molar-refractivity contribution in [3.63, 3.8) is 0 Å². The maximum Gasteiger partial charge on any atom is 0.223 e. The van der Waals surface area contributed by atoms with Crippen molar-refractivity contribution in [1.82, 2.24) is 10.6 Å². The van der Waals surface area contributed by atoms with E-state index in [9.17, 15) is 4.79 Å². The first-order valence-corrected chi connectivity index (χ1v) is 7.82. The van der Waals surface area contributed by atoms with E-state index < -0.39 is 0 Å². The van der Waals surface area contributed by atoms with Crippen molar-refractivity contribution in [3.8, 4) is 5.75 Å². The molecule has 0 spiro atoms. The van der Waals surface area contributed by atoms with Gasteiger partial charge in [-0.05, 0) is 69.0 Å². The zero-order valence-corrected chi connectivity index (χ0v) is 13.1. The Morgan fingerprint density at radius 2 is 2.24 bits per heavy atom. The molecule has 1 unspecified atom stereocenters. The SMILES string of the molecule is Cc1ccc(OCCC(=O)NCCC2CCNC2)cc1C. The smallest absolute Gasteiger partial charge is 0.223 e. The van der Waals surface area contributed by atoms with Gasteiger partial charge in [0.05, 0.1) is 13.0 Å². The largest absolute Gasteiger partial charge is 0.493 e. The van der Waals surface area contributed by atoms with Crippen LogP contribution < -0.4 is 15.4 Å². The molecular formula is C17H26N2O2. The lowest BCUT2D eigenvalue weighted by atomic mass is 10.1. The fourth-order valence-electron chi connectivity index (χ4n) is 2.53. The van der Waals surface area contributed by atoms with E-state index >= 15 is 0 Å². The molecule has 0 aliphatic carbocycles. The summed E-state index contributed by atoms with van der Waals surface area (Å²) in [4.78, 5) is 11.7. The summed E-state index contributed by atoms with van der Waals surface area (Å²) in [6.07, 6.45) is 2.71. The molecule has 1 aromatic rings. The standard InChI is InChI=1S/C17H26N2O2/c1-13-3-4-16(11-14(13)2)21-10-7-17(20)19-9-6-15-5-8-18-12-15/h3-4,11,15,18H,5-10,12H2,1-2H3,(H,19,20). The fourth-order valence-corrected chi connectivity index (χ4v) is 2.53. The molecule has 2 rings (SSSR count). The normalized spacial score (nSPS) is 17.7. The average molecular weight is 290 g/mol. The quantitative estimate of drug-likeness (QED) is 0.809. The minimum atomic E-state index is 0.0739. The first-order valence-electron chi connectivity index (χ1n) is 7.82. The van der Waals surface area contributed by atoms with Crippen molar-refractivity contribution in [1.29, 1.82) is 0 Å². The third-order valence-electron chi connectivity index (χ3n) is 4.11. The van der Waals surface area contributed by atoms with Crippen molar-refractivity contribution in [2.45, 2.75) is 33.1 Å². The second kappa shape index (κ2) is 8.03. The van der Waals surface area contributed by atoms with Gasteiger partial charge in [0.25, 0.3) is 0 Å². The van der Waals surface area contributed by atoms with Crippen LogP contribution in [-0.4, -0.2) is 32.1 Å². The molecule has 21 heavy (non-hydrogen) atoms. The molecule has 0 saturated carbocycles. The van der Waals surface area contributed by atoms with Crippen LogP contribution in [0.4, 0.5) is 0 Å². The van der Waals surface area contributed by atoms with Crippen LogP contribution in [0.5, 0.6) is 5.75 Å². The molecule has 0 radical (unpaired) electrons. The summed E-state index contributed by atoms with van der Waals surface area (Å²) in [6.45, 7) is 7.54. The summed E-state index contributed by atoms with van der Waals surface area (Å²) in [7, 11) is 0. The first-order chi connectivity index (χ1) is 10.1. The number of hydrogen-bond donors (Lipinski definition) is 2. The Hall–Kier alpha value is -1.55. The van der Waals surface area contributed by atoms with Gasteiger partial charge in [-0.1, -0.05) is 6.07 Å². The highest BCUT2D eigenvalue weighted by atomic mass is 16.5. The van der Waals surface area contributed by atoms with Crippen LogP contribution in [0.3, 0.4) is 0 Å². The van der Waals surface area contributed by atoms with Crippen molar-refractivity contribution in [3.05, 3.63) is 29.3 Å². The van der Waals surface area contributed by atoms with E-state index in [4.69, 9.17) is 4.74 Å². The van der Waals surface area contributed by atoms with Crippen LogP contribution in [0.25, 0.3) is 0 Å². The van der Waals surface area contributed by atoms with Gasteiger partial charge in [0.2, 0.25) is 5.91 Å². The topological polar surface area (TPSA) is 50.4 Å². The second-order valence-electron chi connectivity index (χ2n) is 5.84. The van der Waals surface area contributed by atoms with E-state index in [1.54, 1.807) is 0 Å². The number of rotatable bonds is 7. The summed E-state index contributed by atoms with van der Waals surface area (Å²) in [5, 5.41) is 6.31. The van der Waals surface area contributed by atoms with Gasteiger partial charge in [-0.3, -0.25) is 4.79 Å². The summed E-state index contributed by atoms with van der Waals surface area (Å²) in [5.74, 6) is 1.63. The minimum absolute atomic E-state index is 0.0739. The molecule has 1 amide bonds. The molecule has 1 fully saturated rings. The van der Waals surface area contributed by atoms with Crippen molar-refractivity contribution < 1.29 is 9.53 Å². The van der Waals surface area contributed by atoms with E-state index in [0.29, 0.717) is 13.0 Å². The van der Waals surface area contributed by atoms with Crippen LogP contribution >= 0.6 is 0 Å². The number of nitrogens with one attached hydrogen (secondary N) is 2. The highest BCUT2D eigenvalue weighted by Crippen LogP contribution is 2.16. The zero-order chi connectivity index (χ0) is 15.1. The molecule has 2 N–H and O–H groups in total. The zero-order valence-electron chi connectivity index (χ0n) is 13.1. The maximum atomic E-state index is 11.7. The summed E-state index contributed by atoms with van der Waals surface area (Å²) < 4.78 is 5.62. The van der Waals surface area contributed by atoms with E-state index in [2.05, 4.69) is 24.5 Å². The molecule has 1 aromatic carbocycles. The van der Waals surface area contributed by atoms with Gasteiger partial charge in [0.1, 0.15) is 5.75 Å². The summed E-state index contributed by atoms with van der Waals surface area (Å²) >= 11 is 0. The number of hydrogen-bond acceptors (Lipinski definition) is 3. The van der Waals surface area contributed by atoms with Crippen molar-refractivity contribution >= 4 is 5.91 Å². The lowest BCUT2D eigenvalue weighted by Crippen LogP contribution is -2.27. The molecule has 1 atom stereocenters. The van der Waals surface area contributed by atoms with Gasteiger partial charge >= 0.3 is 0 Å². The van der Waals surface area contributed by atoms with E-state index in [0.717, 1.165) is 37.7 Å². The van der Waals surface area contributed by atoms with E-state index in [-0.39, 0.29) is 5.91 Å². The summed E-state index contributed by atoms with van der Waals surface area (Å²) in [5.41, 5.74) is 2.46. The molecule has 1 heterocycles. The minimum Gasteiger partial charge on any atom is -0.493 e. The lowest BCUT2D eigenvalue weighted by molar-refractivity contribution is -0.121. The molecule has 0 bridgehead atoms. The number of carbonyl (C=O) groups excluding carboxylic acids is 1. The van der Waals surface area contributed by atoms with Crippen LogP contribution in [0.15, 0.2) is 18.2 Å².